The summed E-state index contributed by atoms with van der Waals surface area (Å²) >= 11 is 1.47. The lowest BCUT2D eigenvalue weighted by Gasteiger charge is -2.06. The van der Waals surface area contributed by atoms with Gasteiger partial charge in [0.2, 0.25) is 0 Å². The minimum absolute atomic E-state index is 0.208. The van der Waals surface area contributed by atoms with Crippen molar-refractivity contribution in [2.24, 2.45) is 0 Å². The summed E-state index contributed by atoms with van der Waals surface area (Å²) in [7, 11) is 0. The summed E-state index contributed by atoms with van der Waals surface area (Å²) in [6.45, 7) is 4.77. The van der Waals surface area contributed by atoms with E-state index in [9.17, 15) is 4.79 Å². The second kappa shape index (κ2) is 6.75. The Morgan fingerprint density at radius 1 is 1.30 bits per heavy atom. The van der Waals surface area contributed by atoms with Crippen LogP contribution in [0.25, 0.3) is 10.6 Å². The summed E-state index contributed by atoms with van der Waals surface area (Å²) in [6, 6.07) is 11.7. The number of hydrogen-bond donors (Lipinski definition) is 1. The van der Waals surface area contributed by atoms with Crippen molar-refractivity contribution in [3.63, 3.8) is 0 Å². The van der Waals surface area contributed by atoms with Crippen LogP contribution in [0.5, 0.6) is 0 Å². The predicted molar refractivity (Wildman–Crippen MR) is 92.8 cm³/mol. The smallest absolute Gasteiger partial charge is 0.276 e. The van der Waals surface area contributed by atoms with Crippen molar-refractivity contribution < 1.29 is 4.79 Å². The molecule has 6 heteroatoms. The molecule has 0 unspecified atom stereocenters. The van der Waals surface area contributed by atoms with E-state index in [4.69, 9.17) is 0 Å². The SMILES string of the molecule is CCCn1nc(C)cc1NC(=O)c1csc(-c2ccccc2)n1. The minimum Gasteiger partial charge on any atom is -0.305 e. The number of nitrogens with zero attached hydrogens (tertiary/aromatic N) is 3. The van der Waals surface area contributed by atoms with Gasteiger partial charge < -0.3 is 5.32 Å². The van der Waals surface area contributed by atoms with Gasteiger partial charge in [0.05, 0.1) is 5.69 Å². The molecule has 118 valence electrons. The van der Waals surface area contributed by atoms with Crippen LogP contribution in [0.15, 0.2) is 41.8 Å². The molecule has 0 spiro atoms. The van der Waals surface area contributed by atoms with Gasteiger partial charge in [-0.15, -0.1) is 11.3 Å². The second-order valence-electron chi connectivity index (χ2n) is 5.25. The molecule has 3 aromatic rings. The van der Waals surface area contributed by atoms with Crippen LogP contribution < -0.4 is 5.32 Å². The van der Waals surface area contributed by atoms with E-state index in [2.05, 4.69) is 22.3 Å². The molecule has 0 aliphatic carbocycles. The quantitative estimate of drug-likeness (QED) is 0.771. The Bertz CT molecular complexity index is 807. The summed E-state index contributed by atoms with van der Waals surface area (Å²) in [5.74, 6) is 0.504. The fourth-order valence-electron chi connectivity index (χ4n) is 2.30. The first kappa shape index (κ1) is 15.4. The monoisotopic (exact) mass is 326 g/mol. The molecular weight excluding hydrogens is 308 g/mol. The lowest BCUT2D eigenvalue weighted by molar-refractivity contribution is 0.102. The van der Waals surface area contributed by atoms with Crippen molar-refractivity contribution in [1.29, 1.82) is 0 Å². The summed E-state index contributed by atoms with van der Waals surface area (Å²) in [5, 5.41) is 9.91. The molecule has 0 aliphatic rings. The zero-order valence-corrected chi connectivity index (χ0v) is 13.9. The molecule has 1 aromatic carbocycles. The molecule has 1 amide bonds. The van der Waals surface area contributed by atoms with Crippen molar-refractivity contribution in [2.75, 3.05) is 5.32 Å². The number of aryl methyl sites for hydroxylation is 2. The third kappa shape index (κ3) is 3.48. The number of benzene rings is 1. The Labute approximate surface area is 139 Å². The van der Waals surface area contributed by atoms with Gasteiger partial charge in [0, 0.05) is 23.6 Å². The number of nitrogens with one attached hydrogen (secondary N) is 1. The lowest BCUT2D eigenvalue weighted by Crippen LogP contribution is -2.16. The maximum Gasteiger partial charge on any atom is 0.276 e. The zero-order valence-electron chi connectivity index (χ0n) is 13.1. The largest absolute Gasteiger partial charge is 0.305 e. The average Bonchev–Trinajstić information content (AvgIpc) is 3.16. The summed E-state index contributed by atoms with van der Waals surface area (Å²) in [4.78, 5) is 16.9. The van der Waals surface area contributed by atoms with Crippen molar-refractivity contribution in [3.8, 4) is 10.6 Å². The Kier molecular flexibility index (Phi) is 4.52. The minimum atomic E-state index is -0.208. The van der Waals surface area contributed by atoms with Crippen LogP contribution in [0, 0.1) is 6.92 Å². The fraction of sp³-hybridized carbons (Fsp3) is 0.235. The summed E-state index contributed by atoms with van der Waals surface area (Å²) in [5.41, 5.74) is 2.33. The van der Waals surface area contributed by atoms with Gasteiger partial charge in [0.1, 0.15) is 16.5 Å². The number of thiazole rings is 1. The van der Waals surface area contributed by atoms with Crippen LogP contribution in [-0.4, -0.2) is 20.7 Å². The first-order valence-electron chi connectivity index (χ1n) is 7.54. The van der Waals surface area contributed by atoms with Crippen LogP contribution in [0.1, 0.15) is 29.5 Å². The van der Waals surface area contributed by atoms with Gasteiger partial charge >= 0.3 is 0 Å². The summed E-state index contributed by atoms with van der Waals surface area (Å²) < 4.78 is 1.82. The van der Waals surface area contributed by atoms with E-state index in [0.29, 0.717) is 11.5 Å². The molecule has 2 heterocycles. The Hall–Kier alpha value is -2.47. The van der Waals surface area contributed by atoms with E-state index in [1.165, 1.54) is 11.3 Å². The fourth-order valence-corrected chi connectivity index (χ4v) is 3.11. The molecule has 5 nitrogen and oxygen atoms in total. The Morgan fingerprint density at radius 3 is 2.83 bits per heavy atom. The standard InChI is InChI=1S/C17H18N4OS/c1-3-9-21-15(10-12(2)20-21)19-16(22)14-11-23-17(18-14)13-7-5-4-6-8-13/h4-8,10-11H,3,9H2,1-2H3,(H,19,22). The number of anilines is 1. The third-order valence-electron chi connectivity index (χ3n) is 3.34. The van der Waals surface area contributed by atoms with Crippen LogP contribution >= 0.6 is 11.3 Å². The van der Waals surface area contributed by atoms with E-state index >= 15 is 0 Å². The molecule has 0 fully saturated rings. The molecule has 0 radical (unpaired) electrons. The van der Waals surface area contributed by atoms with Gasteiger partial charge in [-0.2, -0.15) is 5.10 Å². The van der Waals surface area contributed by atoms with Crippen molar-refractivity contribution in [3.05, 3.63) is 53.2 Å². The van der Waals surface area contributed by atoms with E-state index in [1.54, 1.807) is 5.38 Å². The molecular formula is C17H18N4OS. The highest BCUT2D eigenvalue weighted by atomic mass is 32.1. The van der Waals surface area contributed by atoms with Gasteiger partial charge in [-0.25, -0.2) is 9.67 Å². The van der Waals surface area contributed by atoms with Crippen molar-refractivity contribution in [2.45, 2.75) is 26.8 Å². The van der Waals surface area contributed by atoms with Crippen LogP contribution in [0.3, 0.4) is 0 Å². The molecule has 0 atom stereocenters. The highest BCUT2D eigenvalue weighted by Crippen LogP contribution is 2.23. The van der Waals surface area contributed by atoms with E-state index < -0.39 is 0 Å². The van der Waals surface area contributed by atoms with Gasteiger partial charge in [-0.05, 0) is 13.3 Å². The molecule has 1 N–H and O–H groups in total. The number of amides is 1. The van der Waals surface area contributed by atoms with Crippen LogP contribution in [0.2, 0.25) is 0 Å². The van der Waals surface area contributed by atoms with Crippen molar-refractivity contribution >= 4 is 23.1 Å². The highest BCUT2D eigenvalue weighted by Gasteiger charge is 2.14. The van der Waals surface area contributed by atoms with Gasteiger partial charge in [0.15, 0.2) is 0 Å². The molecule has 0 saturated carbocycles. The highest BCUT2D eigenvalue weighted by molar-refractivity contribution is 7.13. The van der Waals surface area contributed by atoms with Crippen LogP contribution in [0.4, 0.5) is 5.82 Å². The van der Waals surface area contributed by atoms with Gasteiger partial charge in [-0.1, -0.05) is 37.3 Å². The Balaban J connectivity index is 1.78. The maximum absolute atomic E-state index is 12.4. The predicted octanol–water partition coefficient (Wildman–Crippen LogP) is 3.98. The molecule has 23 heavy (non-hydrogen) atoms. The number of aromatic nitrogens is 3. The van der Waals surface area contributed by atoms with Crippen LogP contribution in [-0.2, 0) is 6.54 Å². The van der Waals surface area contributed by atoms with Gasteiger partial charge in [-0.3, -0.25) is 4.79 Å². The topological polar surface area (TPSA) is 59.8 Å². The van der Waals surface area contributed by atoms with E-state index in [0.717, 1.165) is 29.2 Å². The normalized spacial score (nSPS) is 10.7. The third-order valence-corrected chi connectivity index (χ3v) is 4.23. The average molecular weight is 326 g/mol. The number of rotatable bonds is 5. The number of carbonyl (C=O) groups excluding carboxylic acids is 1. The van der Waals surface area contributed by atoms with E-state index in [-0.39, 0.29) is 5.91 Å². The molecule has 0 bridgehead atoms. The molecule has 3 rings (SSSR count). The lowest BCUT2D eigenvalue weighted by atomic mass is 10.2. The summed E-state index contributed by atoms with van der Waals surface area (Å²) in [6.07, 6.45) is 0.957. The first-order chi connectivity index (χ1) is 11.2. The molecule has 0 saturated heterocycles. The number of carbonyl (C=O) groups is 1. The van der Waals surface area contributed by atoms with Gasteiger partial charge in [0.25, 0.3) is 5.91 Å². The second-order valence-corrected chi connectivity index (χ2v) is 6.11. The molecule has 0 aliphatic heterocycles. The molecule has 2 aromatic heterocycles. The van der Waals surface area contributed by atoms with Crippen molar-refractivity contribution in [1.82, 2.24) is 14.8 Å². The van der Waals surface area contributed by atoms with E-state index in [1.807, 2.05) is 48.0 Å². The number of hydrogen-bond acceptors (Lipinski definition) is 4. The Morgan fingerprint density at radius 2 is 2.09 bits per heavy atom. The maximum atomic E-state index is 12.4. The first-order valence-corrected chi connectivity index (χ1v) is 8.42. The zero-order chi connectivity index (χ0) is 16.2.